The molecule has 1 saturated heterocycles. The molecule has 12 nitrogen and oxygen atoms in total. The summed E-state index contributed by atoms with van der Waals surface area (Å²) < 4.78 is 29.9. The first-order valence-corrected chi connectivity index (χ1v) is 13.6. The third-order valence-electron chi connectivity index (χ3n) is 5.58. The highest BCUT2D eigenvalue weighted by atomic mass is 79.9. The third kappa shape index (κ3) is 5.83. The number of hydrogen-bond donors (Lipinski definition) is 4. The summed E-state index contributed by atoms with van der Waals surface area (Å²) in [5, 5.41) is 23.9. The minimum Gasteiger partial charge on any atom is -0.480 e. The number of carbonyl (C=O) groups is 1. The van der Waals surface area contributed by atoms with E-state index in [1.165, 1.54) is 6.92 Å². The van der Waals surface area contributed by atoms with Gasteiger partial charge in [-0.15, -0.1) is 0 Å². The molecule has 2 aromatic carbocycles. The molecule has 4 N–H and O–H groups in total. The van der Waals surface area contributed by atoms with Gasteiger partial charge in [0.15, 0.2) is 10.0 Å². The van der Waals surface area contributed by atoms with Crippen LogP contribution < -0.4 is 20.9 Å². The quantitative estimate of drug-likeness (QED) is 0.207. The standard InChI is InChI=1S/C22H22BrClN3O9P/c1-12(19(30)31)26-37(33,36-15-8-4-6-13-5-2-3-7-14(13)15)34-11-16-18(29)22(23,24)20(35-16)27-10-9-17(28)25-21(27)32/h2-10,12,16,18,20,29H,11H2,1H3,(H,26,33)(H,30,31)(H,25,28,32)/t12-,16+,18+,20+,22-,37-/m0/s1. The van der Waals surface area contributed by atoms with Crippen molar-refractivity contribution in [3.63, 3.8) is 0 Å². The Morgan fingerprint density at radius 3 is 2.70 bits per heavy atom. The minimum atomic E-state index is -4.38. The number of aliphatic carboxylic acids is 1. The number of aliphatic hydroxyl groups is 1. The molecule has 2 heterocycles. The molecule has 1 aliphatic rings. The Bertz CT molecular complexity index is 1470. The van der Waals surface area contributed by atoms with Gasteiger partial charge in [-0.1, -0.05) is 63.9 Å². The van der Waals surface area contributed by atoms with Crippen LogP contribution in [0.1, 0.15) is 13.2 Å². The average molecular weight is 619 g/mol. The lowest BCUT2D eigenvalue weighted by atomic mass is 10.1. The van der Waals surface area contributed by atoms with Crippen molar-refractivity contribution in [1.82, 2.24) is 14.6 Å². The molecule has 198 valence electrons. The molecule has 1 aromatic heterocycles. The van der Waals surface area contributed by atoms with E-state index < -0.39 is 59.8 Å². The summed E-state index contributed by atoms with van der Waals surface area (Å²) in [6.07, 6.45) is -2.90. The first-order valence-electron chi connectivity index (χ1n) is 10.9. The zero-order chi connectivity index (χ0) is 27.0. The number of ether oxygens (including phenoxy) is 1. The number of nitrogens with zero attached hydrogens (tertiary/aromatic N) is 1. The Hall–Kier alpha value is -2.51. The van der Waals surface area contributed by atoms with E-state index in [4.69, 9.17) is 25.4 Å². The van der Waals surface area contributed by atoms with Gasteiger partial charge in [0, 0.05) is 17.6 Å². The summed E-state index contributed by atoms with van der Waals surface area (Å²) in [7, 11) is -4.38. The molecule has 0 spiro atoms. The molecule has 0 amide bonds. The van der Waals surface area contributed by atoms with E-state index in [1.807, 2.05) is 18.2 Å². The van der Waals surface area contributed by atoms with Crippen molar-refractivity contribution < 1.29 is 33.4 Å². The van der Waals surface area contributed by atoms with Crippen molar-refractivity contribution in [2.75, 3.05) is 6.61 Å². The van der Waals surface area contributed by atoms with Crippen LogP contribution in [0.25, 0.3) is 10.8 Å². The van der Waals surface area contributed by atoms with Crippen LogP contribution in [-0.4, -0.2) is 54.4 Å². The van der Waals surface area contributed by atoms with Gasteiger partial charge in [-0.05, 0) is 18.4 Å². The molecule has 0 aliphatic carbocycles. The fourth-order valence-electron chi connectivity index (χ4n) is 3.68. The molecule has 0 bridgehead atoms. The van der Waals surface area contributed by atoms with Crippen molar-refractivity contribution in [3.05, 3.63) is 75.6 Å². The molecule has 3 aromatic rings. The molecule has 15 heteroatoms. The fraction of sp³-hybridized carbons (Fsp3) is 0.318. The highest BCUT2D eigenvalue weighted by Gasteiger charge is 2.55. The Morgan fingerprint density at radius 2 is 2.00 bits per heavy atom. The molecule has 37 heavy (non-hydrogen) atoms. The predicted molar refractivity (Wildman–Crippen MR) is 137 cm³/mol. The second-order valence-electron chi connectivity index (χ2n) is 8.21. The lowest BCUT2D eigenvalue weighted by Crippen LogP contribution is -2.41. The van der Waals surface area contributed by atoms with Gasteiger partial charge in [0.1, 0.15) is 24.0 Å². The van der Waals surface area contributed by atoms with E-state index in [0.29, 0.717) is 5.39 Å². The Kier molecular flexibility index (Phi) is 7.96. The summed E-state index contributed by atoms with van der Waals surface area (Å²) in [4.78, 5) is 37.2. The van der Waals surface area contributed by atoms with Gasteiger partial charge in [0.2, 0.25) is 0 Å². The Morgan fingerprint density at radius 1 is 1.30 bits per heavy atom. The van der Waals surface area contributed by atoms with E-state index >= 15 is 0 Å². The number of aromatic nitrogens is 2. The lowest BCUT2D eigenvalue weighted by Gasteiger charge is -2.25. The van der Waals surface area contributed by atoms with Crippen molar-refractivity contribution in [1.29, 1.82) is 0 Å². The Balaban J connectivity index is 1.59. The van der Waals surface area contributed by atoms with Crippen LogP contribution in [0.2, 0.25) is 0 Å². The van der Waals surface area contributed by atoms with Gasteiger partial charge in [0.05, 0.1) is 6.61 Å². The van der Waals surface area contributed by atoms with Gasteiger partial charge in [-0.2, -0.15) is 5.09 Å². The maximum atomic E-state index is 13.7. The molecule has 0 radical (unpaired) electrons. The molecule has 0 unspecified atom stereocenters. The number of alkyl halides is 2. The zero-order valence-electron chi connectivity index (χ0n) is 19.1. The lowest BCUT2D eigenvalue weighted by molar-refractivity contribution is -0.138. The number of benzene rings is 2. The number of carboxylic acids is 1. The van der Waals surface area contributed by atoms with Crippen LogP contribution in [-0.2, 0) is 18.6 Å². The van der Waals surface area contributed by atoms with Gasteiger partial charge in [0.25, 0.3) is 5.56 Å². The number of aromatic amines is 1. The number of hydrogen-bond acceptors (Lipinski definition) is 8. The van der Waals surface area contributed by atoms with Crippen molar-refractivity contribution in [2.24, 2.45) is 0 Å². The average Bonchev–Trinajstić information content (AvgIpc) is 3.06. The highest BCUT2D eigenvalue weighted by Crippen LogP contribution is 2.51. The number of nitrogens with one attached hydrogen (secondary N) is 2. The van der Waals surface area contributed by atoms with Crippen LogP contribution in [0.3, 0.4) is 0 Å². The van der Waals surface area contributed by atoms with Gasteiger partial charge in [-0.25, -0.2) is 9.36 Å². The maximum absolute atomic E-state index is 13.7. The fourth-order valence-corrected chi connectivity index (χ4v) is 6.12. The number of rotatable bonds is 9. The molecule has 0 saturated carbocycles. The van der Waals surface area contributed by atoms with Crippen LogP contribution >= 0.6 is 35.3 Å². The molecule has 1 aliphatic heterocycles. The van der Waals surface area contributed by atoms with Crippen LogP contribution in [0, 0.1) is 0 Å². The van der Waals surface area contributed by atoms with Crippen LogP contribution in [0.4, 0.5) is 0 Å². The number of H-pyrrole nitrogens is 1. The molecule has 1 fully saturated rings. The normalized spacial score (nSPS) is 26.0. The Labute approximate surface area is 222 Å². The maximum Gasteiger partial charge on any atom is 0.459 e. The number of fused-ring (bicyclic) bond motifs is 1. The first-order chi connectivity index (χ1) is 17.4. The van der Waals surface area contributed by atoms with E-state index in [9.17, 15) is 29.2 Å². The largest absolute Gasteiger partial charge is 0.480 e. The summed E-state index contributed by atoms with van der Waals surface area (Å²) in [5.74, 6) is -1.13. The van der Waals surface area contributed by atoms with E-state index in [0.717, 1.165) is 22.2 Å². The van der Waals surface area contributed by atoms with Crippen LogP contribution in [0.5, 0.6) is 5.75 Å². The highest BCUT2D eigenvalue weighted by molar-refractivity contribution is 9.10. The van der Waals surface area contributed by atoms with Crippen molar-refractivity contribution in [3.8, 4) is 5.75 Å². The second kappa shape index (κ2) is 10.7. The topological polar surface area (TPSA) is 169 Å². The minimum absolute atomic E-state index is 0.171. The predicted octanol–water partition coefficient (Wildman–Crippen LogP) is 2.54. The van der Waals surface area contributed by atoms with Gasteiger partial charge >= 0.3 is 19.4 Å². The summed E-state index contributed by atoms with van der Waals surface area (Å²) in [5.41, 5.74) is -1.47. The molecular formula is C22H22BrClN3O9P. The monoisotopic (exact) mass is 617 g/mol. The van der Waals surface area contributed by atoms with Crippen LogP contribution in [0.15, 0.2) is 64.3 Å². The van der Waals surface area contributed by atoms with E-state index in [1.54, 1.807) is 24.3 Å². The first kappa shape index (κ1) is 27.5. The van der Waals surface area contributed by atoms with Gasteiger partial charge in [-0.3, -0.25) is 23.7 Å². The summed E-state index contributed by atoms with van der Waals surface area (Å²) in [6.45, 7) is 0.684. The molecule has 4 rings (SSSR count). The molecular weight excluding hydrogens is 597 g/mol. The smallest absolute Gasteiger partial charge is 0.459 e. The number of halogens is 2. The van der Waals surface area contributed by atoms with Gasteiger partial charge < -0.3 is 19.5 Å². The summed E-state index contributed by atoms with van der Waals surface area (Å²) in [6, 6.07) is 11.9. The second-order valence-corrected chi connectivity index (χ2v) is 12.3. The number of aliphatic hydroxyl groups excluding tert-OH is 1. The third-order valence-corrected chi connectivity index (χ3v) is 8.48. The SMILES string of the molecule is C[C@H](N[P@](=O)(OC[C@H]1O[C@@H](n2ccc(=O)[nH]c2=O)[C@](Cl)(Br)[C@@H]1O)Oc1cccc2ccccc12)C(=O)O. The molecule has 6 atom stereocenters. The zero-order valence-corrected chi connectivity index (χ0v) is 22.4. The van der Waals surface area contributed by atoms with Crippen molar-refractivity contribution >= 4 is 52.0 Å². The summed E-state index contributed by atoms with van der Waals surface area (Å²) >= 11 is 9.59. The van der Waals surface area contributed by atoms with Crippen molar-refractivity contribution in [2.45, 2.75) is 35.2 Å². The van der Waals surface area contributed by atoms with E-state index in [2.05, 4.69) is 26.0 Å². The van der Waals surface area contributed by atoms with E-state index in [-0.39, 0.29) is 5.75 Å². The number of carboxylic acid groups (broad SMARTS) is 1.